The molecule has 0 radical (unpaired) electrons. The van der Waals surface area contributed by atoms with Gasteiger partial charge in [0.1, 0.15) is 11.8 Å². The number of aliphatic carboxylic acids is 4. The third kappa shape index (κ3) is 27.1. The Morgan fingerprint density at radius 1 is 0.855 bits per heavy atom. The predicted octanol–water partition coefficient (Wildman–Crippen LogP) is -5.60. The fourth-order valence-corrected chi connectivity index (χ4v) is 7.47. The maximum absolute atomic E-state index is 14.2. The molecule has 0 aliphatic carbocycles. The van der Waals surface area contributed by atoms with Crippen LogP contribution < -0.4 is 48.1 Å². The van der Waals surface area contributed by atoms with E-state index in [9.17, 15) is 63.6 Å². The van der Waals surface area contributed by atoms with Gasteiger partial charge in [0.15, 0.2) is 11.7 Å². The summed E-state index contributed by atoms with van der Waals surface area (Å²) in [5.41, 5.74) is 17.5. The van der Waals surface area contributed by atoms with Gasteiger partial charge in [0.25, 0.3) is 0 Å². The number of carboxylic acids is 4. The van der Waals surface area contributed by atoms with Crippen LogP contribution in [0.2, 0.25) is 0 Å². The minimum Gasteiger partial charge on any atom is -0.549 e. The van der Waals surface area contributed by atoms with Gasteiger partial charge in [0, 0.05) is 77.0 Å². The van der Waals surface area contributed by atoms with E-state index < -0.39 is 103 Å². The Labute approximate surface area is 413 Å². The van der Waals surface area contributed by atoms with E-state index in [2.05, 4.69) is 20.9 Å². The van der Waals surface area contributed by atoms with Crippen molar-refractivity contribution in [3.05, 3.63) is 29.8 Å². The first-order chi connectivity index (χ1) is 31.6. The number of ether oxygens (including phenoxy) is 1. The van der Waals surface area contributed by atoms with Gasteiger partial charge < -0.3 is 73.4 Å². The maximum atomic E-state index is 14.2. The summed E-state index contributed by atoms with van der Waals surface area (Å²) < 4.78 is 5.85. The number of guanidine groups is 1. The second-order valence-electron chi connectivity index (χ2n) is 16.8. The summed E-state index contributed by atoms with van der Waals surface area (Å²) in [7, 11) is 0. The first-order valence-corrected chi connectivity index (χ1v) is 22.1. The number of hydrogen-bond donors (Lipinski definition) is 8. The number of nitrogens with two attached hydrogens (primary N) is 3. The minimum atomic E-state index is -1.54. The molecule has 69 heavy (non-hydrogen) atoms. The number of Topliss-reactive ketones (excluding diaryl/α,β-unsaturated/α-hetero) is 1. The van der Waals surface area contributed by atoms with Gasteiger partial charge in [0.2, 0.25) is 23.6 Å². The summed E-state index contributed by atoms with van der Waals surface area (Å²) in [6, 6.07) is 4.70. The number of nitrogens with one attached hydrogen (secondary N) is 3. The van der Waals surface area contributed by atoms with Crippen LogP contribution in [-0.4, -0.2) is 180 Å². The van der Waals surface area contributed by atoms with Gasteiger partial charge in [-0.25, -0.2) is 0 Å². The van der Waals surface area contributed by atoms with Crippen LogP contribution in [0.3, 0.4) is 0 Å². The van der Waals surface area contributed by atoms with Crippen molar-refractivity contribution in [1.29, 1.82) is 0 Å². The molecule has 4 amide bonds. The summed E-state index contributed by atoms with van der Waals surface area (Å²) in [5.74, 6) is -9.87. The van der Waals surface area contributed by atoms with Gasteiger partial charge in [0.05, 0.1) is 44.2 Å². The summed E-state index contributed by atoms with van der Waals surface area (Å²) >= 11 is 0. The summed E-state index contributed by atoms with van der Waals surface area (Å²) in [5, 5.41) is 49.2. The molecule has 1 aromatic carbocycles. The average molecular weight is 1060 g/mol. The molecule has 0 saturated carbocycles. The summed E-state index contributed by atoms with van der Waals surface area (Å²) in [6.07, 6.45) is 1.40. The molecule has 2 heterocycles. The van der Waals surface area contributed by atoms with Crippen LogP contribution in [0, 0.1) is 17.8 Å². The van der Waals surface area contributed by atoms with Crippen LogP contribution in [0.25, 0.3) is 0 Å². The zero-order chi connectivity index (χ0) is 50.1. The monoisotopic (exact) mass is 1060 g/mol. The SMILES string of the molecule is CC(C)C[C@H]1C(=O)N[C@H](C(=O)N[C@@H](CCCN=C(N)N)C(=O)CCCNC(=O)CN(CCN(CC(=O)[O-])CC(=O)O)CCN(CC(=O)[O-])CC(=O)O)Cc2ccc(cc2)OCCC[C@@H]1C(N)=O.O.[99Tc+7]. The van der Waals surface area contributed by atoms with Gasteiger partial charge >= 0.3 is 32.0 Å². The molecule has 382 valence electrons. The van der Waals surface area contributed by atoms with Crippen LogP contribution in [0.5, 0.6) is 5.75 Å². The Hall–Kier alpha value is -5.79. The van der Waals surface area contributed by atoms with Crippen LogP contribution in [0.4, 0.5) is 0 Å². The van der Waals surface area contributed by atoms with Crippen molar-refractivity contribution in [3.63, 3.8) is 0 Å². The van der Waals surface area contributed by atoms with Gasteiger partial charge in [-0.2, -0.15) is 0 Å². The molecule has 2 aliphatic heterocycles. The maximum Gasteiger partial charge on any atom is 7.00 e. The van der Waals surface area contributed by atoms with Crippen molar-refractivity contribution in [2.24, 2.45) is 39.9 Å². The van der Waals surface area contributed by atoms with Crippen molar-refractivity contribution in [1.82, 2.24) is 30.7 Å². The molecule has 0 spiro atoms. The molecule has 0 fully saturated rings. The second-order valence-corrected chi connectivity index (χ2v) is 16.8. The van der Waals surface area contributed by atoms with Crippen molar-refractivity contribution >= 4 is 59.2 Å². The number of carbonyl (C=O) groups is 9. The Kier molecular flexibility index (Phi) is 30.8. The molecule has 0 unspecified atom stereocenters. The number of carbonyl (C=O) groups excluding carboxylic acids is 7. The number of ketones is 1. The molecule has 13 N–H and O–H groups in total. The topological polar surface area (TPSA) is 417 Å². The number of benzene rings is 1. The summed E-state index contributed by atoms with van der Waals surface area (Å²) in [6.45, 7) is 0.517. The van der Waals surface area contributed by atoms with E-state index in [0.29, 0.717) is 30.8 Å². The number of aliphatic imine (C=N–C) groups is 1. The molecule has 1 aromatic rings. The van der Waals surface area contributed by atoms with E-state index in [1.165, 1.54) is 4.90 Å². The number of rotatable bonds is 30. The minimum absolute atomic E-state index is 0. The van der Waals surface area contributed by atoms with Gasteiger partial charge in [-0.3, -0.25) is 53.3 Å². The molecule has 3 rings (SSSR count). The molecule has 2 bridgehead atoms. The number of nitrogens with zero attached hydrogens (tertiary/aromatic N) is 4. The summed E-state index contributed by atoms with van der Waals surface area (Å²) in [4.78, 5) is 120. The van der Waals surface area contributed by atoms with Crippen LogP contribution in [0.15, 0.2) is 29.3 Å². The van der Waals surface area contributed by atoms with Crippen LogP contribution in [-0.2, 0) is 69.7 Å². The van der Waals surface area contributed by atoms with E-state index in [0.717, 1.165) is 9.80 Å². The quantitative estimate of drug-likeness (QED) is 0.0202. The number of hydrogen-bond acceptors (Lipinski definition) is 16. The first kappa shape index (κ1) is 63.2. The van der Waals surface area contributed by atoms with Crippen LogP contribution >= 0.6 is 0 Å². The molecule has 0 saturated heterocycles. The number of amides is 4. The molecule has 0 aromatic heterocycles. The van der Waals surface area contributed by atoms with E-state index in [1.54, 1.807) is 24.3 Å². The zero-order valence-electron chi connectivity index (χ0n) is 39.0. The van der Waals surface area contributed by atoms with E-state index >= 15 is 0 Å². The number of carboxylic acid groups (broad SMARTS) is 4. The first-order valence-electron chi connectivity index (χ1n) is 22.1. The van der Waals surface area contributed by atoms with Gasteiger partial charge in [-0.05, 0) is 62.1 Å². The zero-order valence-corrected chi connectivity index (χ0v) is 40.9. The molecule has 4 atom stereocenters. The third-order valence-electron chi connectivity index (χ3n) is 10.7. The molecule has 25 nitrogen and oxygen atoms in total. The Morgan fingerprint density at radius 3 is 1.93 bits per heavy atom. The molecule has 2 aliphatic rings. The second kappa shape index (κ2) is 33.7. The van der Waals surface area contributed by atoms with Gasteiger partial charge in [-0.15, -0.1) is 0 Å². The van der Waals surface area contributed by atoms with E-state index in [1.807, 2.05) is 13.8 Å². The Bertz CT molecular complexity index is 1800. The fourth-order valence-electron chi connectivity index (χ4n) is 7.47. The van der Waals surface area contributed by atoms with E-state index in [4.69, 9.17) is 21.9 Å². The van der Waals surface area contributed by atoms with Crippen molar-refractivity contribution in [2.75, 3.05) is 78.6 Å². The van der Waals surface area contributed by atoms with Crippen LogP contribution in [0.1, 0.15) is 64.4 Å². The van der Waals surface area contributed by atoms with Crippen molar-refractivity contribution < 1.29 is 93.9 Å². The molecular weight excluding hydrogens is 995 g/mol. The Balaban J connectivity index is 0.0000231. The number of primary amides is 1. The fraction of sp³-hybridized carbons (Fsp3) is 0.628. The molecular formula is C43H68N10O15Tc+5. The standard InChI is InChI=1S/C43H68N10O14.H2O.Tc/c1-27(2)20-31-30(40(44)64)6-5-19-67-29-11-9-28(10-12-29)21-33(50-41(31)65)42(66)49-32(7-3-14-48-43(45)46)34(54)8-4-13-47-35(55)22-51(15-17-52(23-36(56)57)24-37(58)59)16-18-53(25-38(60)61)26-39(62)63;;/h9-12,27,30-33H,3-8,13-26H2,1-2H3,(H2,44,64)(H,47,55)(H,49,66)(H,50,65)(H,56,57)(H,58,59)(H,60,61)(H,62,63)(H4,45,46,48);1H2;/q;;+7/p-2/t30-,31+,32-,33-;;/m0../s1/i;;1+1. The van der Waals surface area contributed by atoms with E-state index in [-0.39, 0.29) is 122 Å². The normalized spacial score (nSPS) is 16.4. The van der Waals surface area contributed by atoms with Crippen molar-refractivity contribution in [3.8, 4) is 5.75 Å². The largest absolute Gasteiger partial charge is 7.00 e. The number of fused-ring (bicyclic) bond motifs is 11. The predicted molar refractivity (Wildman–Crippen MR) is 240 cm³/mol. The smallest absolute Gasteiger partial charge is 0.549 e. The Morgan fingerprint density at radius 2 is 1.42 bits per heavy atom. The van der Waals surface area contributed by atoms with Crippen molar-refractivity contribution in [2.45, 2.75) is 77.3 Å². The average Bonchev–Trinajstić information content (AvgIpc) is 3.22. The third-order valence-corrected chi connectivity index (χ3v) is 10.7. The molecule has 26 heteroatoms. The van der Waals surface area contributed by atoms with Gasteiger partial charge in [-0.1, -0.05) is 26.0 Å².